The molecule has 2 heterocycles. The molecule has 1 aromatic rings. The Morgan fingerprint density at radius 1 is 1.79 bits per heavy atom. The van der Waals surface area contributed by atoms with Crippen molar-refractivity contribution in [3.8, 4) is 0 Å². The average Bonchev–Trinajstić information content (AvgIpc) is 2.75. The zero-order valence-corrected chi connectivity index (χ0v) is 8.87. The van der Waals surface area contributed by atoms with Crippen LogP contribution in [0.4, 0.5) is 0 Å². The van der Waals surface area contributed by atoms with E-state index in [1.165, 1.54) is 0 Å². The summed E-state index contributed by atoms with van der Waals surface area (Å²) in [5.74, 6) is 0. The molecule has 4 nitrogen and oxygen atoms in total. The molecule has 0 aliphatic carbocycles. The fraction of sp³-hybridized carbons (Fsp3) is 0.667. The van der Waals surface area contributed by atoms with Crippen molar-refractivity contribution in [1.82, 2.24) is 9.78 Å². The maximum Gasteiger partial charge on any atom is 0.0834 e. The van der Waals surface area contributed by atoms with Gasteiger partial charge in [-0.15, -0.1) is 0 Å². The van der Waals surface area contributed by atoms with E-state index in [-0.39, 0.29) is 12.1 Å². The molecule has 1 saturated heterocycles. The predicted molar refractivity (Wildman–Crippen MR) is 54.1 cm³/mol. The monoisotopic (exact) mass is 215 g/mol. The van der Waals surface area contributed by atoms with E-state index in [0.29, 0.717) is 5.02 Å². The third kappa shape index (κ3) is 1.65. The first kappa shape index (κ1) is 9.96. The summed E-state index contributed by atoms with van der Waals surface area (Å²) in [7, 11) is 1.84. The summed E-state index contributed by atoms with van der Waals surface area (Å²) in [6, 6.07) is -0.169. The van der Waals surface area contributed by atoms with Crippen LogP contribution in [0.15, 0.2) is 6.20 Å². The maximum atomic E-state index is 6.08. The maximum absolute atomic E-state index is 6.08. The molecule has 5 heteroatoms. The highest BCUT2D eigenvalue weighted by Gasteiger charge is 2.27. The van der Waals surface area contributed by atoms with Gasteiger partial charge in [-0.25, -0.2) is 0 Å². The molecule has 78 valence electrons. The van der Waals surface area contributed by atoms with Gasteiger partial charge in [-0.05, 0) is 12.8 Å². The molecule has 1 fully saturated rings. The molecule has 2 N–H and O–H groups in total. The molecule has 0 radical (unpaired) electrons. The zero-order valence-electron chi connectivity index (χ0n) is 8.11. The molecular weight excluding hydrogens is 202 g/mol. The Bertz CT molecular complexity index is 300. The number of rotatable bonds is 2. The minimum Gasteiger partial charge on any atom is -0.376 e. The second kappa shape index (κ2) is 3.88. The van der Waals surface area contributed by atoms with Gasteiger partial charge in [-0.3, -0.25) is 4.68 Å². The fourth-order valence-electron chi connectivity index (χ4n) is 1.86. The first-order chi connectivity index (χ1) is 6.70. The summed E-state index contributed by atoms with van der Waals surface area (Å²) in [5, 5.41) is 4.68. The van der Waals surface area contributed by atoms with E-state index >= 15 is 0 Å². The van der Waals surface area contributed by atoms with Gasteiger partial charge in [0.15, 0.2) is 0 Å². The number of halogens is 1. The van der Waals surface area contributed by atoms with Crippen LogP contribution in [0.1, 0.15) is 24.6 Å². The third-order valence-corrected chi connectivity index (χ3v) is 2.91. The second-order valence-electron chi connectivity index (χ2n) is 3.58. The summed E-state index contributed by atoms with van der Waals surface area (Å²) < 4.78 is 7.24. The second-order valence-corrected chi connectivity index (χ2v) is 3.99. The lowest BCUT2D eigenvalue weighted by atomic mass is 10.1. The molecule has 0 spiro atoms. The predicted octanol–water partition coefficient (Wildman–Crippen LogP) is 1.25. The highest BCUT2D eigenvalue weighted by molar-refractivity contribution is 6.31. The van der Waals surface area contributed by atoms with Crippen molar-refractivity contribution in [3.05, 3.63) is 16.9 Å². The number of ether oxygens (including phenoxy) is 1. The quantitative estimate of drug-likeness (QED) is 0.808. The van der Waals surface area contributed by atoms with Crippen molar-refractivity contribution in [2.45, 2.75) is 25.0 Å². The molecule has 2 atom stereocenters. The number of aryl methyl sites for hydroxylation is 1. The first-order valence-corrected chi connectivity index (χ1v) is 5.12. The van der Waals surface area contributed by atoms with Gasteiger partial charge in [0, 0.05) is 13.7 Å². The Labute approximate surface area is 88.0 Å². The van der Waals surface area contributed by atoms with Crippen molar-refractivity contribution >= 4 is 11.6 Å². The van der Waals surface area contributed by atoms with E-state index in [1.807, 2.05) is 7.05 Å². The van der Waals surface area contributed by atoms with Crippen molar-refractivity contribution in [2.75, 3.05) is 6.61 Å². The van der Waals surface area contributed by atoms with Gasteiger partial charge >= 0.3 is 0 Å². The van der Waals surface area contributed by atoms with E-state index in [2.05, 4.69) is 5.10 Å². The number of aromatic nitrogens is 2. The van der Waals surface area contributed by atoms with Crippen LogP contribution in [0.5, 0.6) is 0 Å². The molecule has 1 aliphatic rings. The summed E-state index contributed by atoms with van der Waals surface area (Å²) >= 11 is 6.00. The molecule has 2 unspecified atom stereocenters. The minimum absolute atomic E-state index is 0.0860. The molecule has 1 aromatic heterocycles. The normalized spacial score (nSPS) is 24.1. The summed E-state index contributed by atoms with van der Waals surface area (Å²) in [4.78, 5) is 0. The molecule has 14 heavy (non-hydrogen) atoms. The number of hydrogen-bond donors (Lipinski definition) is 1. The molecule has 0 amide bonds. The standard InChI is InChI=1S/C9H14ClN3O/c1-13-9(6(10)5-12-13)8(11)7-3-2-4-14-7/h5,7-8H,2-4,11H2,1H3. The molecular formula is C9H14ClN3O. The van der Waals surface area contributed by atoms with Gasteiger partial charge < -0.3 is 10.5 Å². The molecule has 0 aromatic carbocycles. The lowest BCUT2D eigenvalue weighted by molar-refractivity contribution is 0.0879. The first-order valence-electron chi connectivity index (χ1n) is 4.74. The largest absolute Gasteiger partial charge is 0.376 e. The fourth-order valence-corrected chi connectivity index (χ4v) is 2.15. The van der Waals surface area contributed by atoms with E-state index in [4.69, 9.17) is 22.1 Å². The molecule has 0 saturated carbocycles. The Morgan fingerprint density at radius 2 is 2.57 bits per heavy atom. The Balaban J connectivity index is 2.21. The zero-order chi connectivity index (χ0) is 10.1. The van der Waals surface area contributed by atoms with Gasteiger partial charge in [0.25, 0.3) is 0 Å². The van der Waals surface area contributed by atoms with Gasteiger partial charge in [0.05, 0.1) is 29.1 Å². The smallest absolute Gasteiger partial charge is 0.0834 e. The minimum atomic E-state index is -0.169. The highest BCUT2D eigenvalue weighted by atomic mass is 35.5. The van der Waals surface area contributed by atoms with Crippen LogP contribution in [-0.2, 0) is 11.8 Å². The Kier molecular flexibility index (Phi) is 2.76. The lowest BCUT2D eigenvalue weighted by Crippen LogP contribution is -2.27. The Hall–Kier alpha value is -0.580. The summed E-state index contributed by atoms with van der Waals surface area (Å²) in [6.45, 7) is 0.799. The van der Waals surface area contributed by atoms with E-state index in [1.54, 1.807) is 10.9 Å². The SMILES string of the molecule is Cn1ncc(Cl)c1C(N)C1CCCO1. The Morgan fingerprint density at radius 3 is 3.07 bits per heavy atom. The van der Waals surface area contributed by atoms with Crippen LogP contribution in [0.3, 0.4) is 0 Å². The van der Waals surface area contributed by atoms with Crippen LogP contribution in [0, 0.1) is 0 Å². The van der Waals surface area contributed by atoms with Gasteiger partial charge in [0.1, 0.15) is 0 Å². The van der Waals surface area contributed by atoms with Gasteiger partial charge in [0.2, 0.25) is 0 Å². The molecule has 1 aliphatic heterocycles. The van der Waals surface area contributed by atoms with Crippen LogP contribution in [0.25, 0.3) is 0 Å². The molecule has 2 rings (SSSR count). The van der Waals surface area contributed by atoms with Crippen molar-refractivity contribution in [1.29, 1.82) is 0 Å². The van der Waals surface area contributed by atoms with Crippen molar-refractivity contribution in [2.24, 2.45) is 12.8 Å². The van der Waals surface area contributed by atoms with Gasteiger partial charge in [-0.2, -0.15) is 5.10 Å². The number of nitrogens with two attached hydrogens (primary N) is 1. The van der Waals surface area contributed by atoms with Crippen LogP contribution < -0.4 is 5.73 Å². The summed E-state index contributed by atoms with van der Waals surface area (Å²) in [6.07, 6.45) is 3.78. The van der Waals surface area contributed by atoms with Crippen LogP contribution in [-0.4, -0.2) is 22.5 Å². The van der Waals surface area contributed by atoms with E-state index in [9.17, 15) is 0 Å². The van der Waals surface area contributed by atoms with Crippen molar-refractivity contribution < 1.29 is 4.74 Å². The highest BCUT2D eigenvalue weighted by Crippen LogP contribution is 2.28. The van der Waals surface area contributed by atoms with E-state index < -0.39 is 0 Å². The molecule has 0 bridgehead atoms. The van der Waals surface area contributed by atoms with Crippen molar-refractivity contribution in [3.63, 3.8) is 0 Å². The average molecular weight is 216 g/mol. The number of hydrogen-bond acceptors (Lipinski definition) is 3. The topological polar surface area (TPSA) is 53.1 Å². The summed E-state index contributed by atoms with van der Waals surface area (Å²) in [5.41, 5.74) is 6.94. The van der Waals surface area contributed by atoms with Crippen LogP contribution in [0.2, 0.25) is 5.02 Å². The number of nitrogens with zero attached hydrogens (tertiary/aromatic N) is 2. The van der Waals surface area contributed by atoms with E-state index in [0.717, 1.165) is 25.1 Å². The lowest BCUT2D eigenvalue weighted by Gasteiger charge is -2.19. The third-order valence-electron chi connectivity index (χ3n) is 2.62. The van der Waals surface area contributed by atoms with Gasteiger partial charge in [-0.1, -0.05) is 11.6 Å². The van der Waals surface area contributed by atoms with Crippen LogP contribution >= 0.6 is 11.6 Å².